The van der Waals surface area contributed by atoms with Crippen molar-refractivity contribution in [3.05, 3.63) is 70.3 Å². The predicted octanol–water partition coefficient (Wildman–Crippen LogP) is 5.12. The Morgan fingerprint density at radius 1 is 1.00 bits per heavy atom. The van der Waals surface area contributed by atoms with Gasteiger partial charge in [-0.25, -0.2) is 0 Å². The van der Waals surface area contributed by atoms with Crippen molar-refractivity contribution in [3.63, 3.8) is 0 Å². The molecule has 2 aromatic rings. The quantitative estimate of drug-likeness (QED) is 0.700. The number of aryl methyl sites for hydroxylation is 1. The summed E-state index contributed by atoms with van der Waals surface area (Å²) in [5.74, 6) is 0.428. The first-order chi connectivity index (χ1) is 10.3. The highest BCUT2D eigenvalue weighted by molar-refractivity contribution is 6.21. The van der Waals surface area contributed by atoms with E-state index >= 15 is 0 Å². The van der Waals surface area contributed by atoms with Crippen LogP contribution in [0.15, 0.2) is 42.5 Å². The van der Waals surface area contributed by atoms with E-state index in [2.05, 4.69) is 42.5 Å². The molecule has 1 nitrogen and oxygen atoms in total. The second-order valence-corrected chi connectivity index (χ2v) is 6.59. The van der Waals surface area contributed by atoms with Crippen LogP contribution < -0.4 is 0 Å². The number of benzene rings is 2. The van der Waals surface area contributed by atoms with Crippen molar-refractivity contribution >= 4 is 11.6 Å². The van der Waals surface area contributed by atoms with Crippen LogP contribution in [0.5, 0.6) is 0 Å². The summed E-state index contributed by atoms with van der Waals surface area (Å²) in [5.41, 5.74) is 6.78. The molecule has 1 heterocycles. The van der Waals surface area contributed by atoms with Crippen molar-refractivity contribution in [1.82, 2.24) is 0 Å². The van der Waals surface area contributed by atoms with Gasteiger partial charge < -0.3 is 4.74 Å². The molecule has 4 rings (SSSR count). The highest BCUT2D eigenvalue weighted by atomic mass is 35.5. The van der Waals surface area contributed by atoms with Gasteiger partial charge in [-0.2, -0.15) is 0 Å². The second kappa shape index (κ2) is 5.47. The minimum Gasteiger partial charge on any atom is -0.372 e. The van der Waals surface area contributed by atoms with Crippen molar-refractivity contribution in [3.8, 4) is 0 Å². The topological polar surface area (TPSA) is 9.23 Å². The standard InChI is InChI=1S/C19H19ClO/c20-19(14-8-9-15-11-21-12-16(15)10-14)18-7-3-5-13-4-1-2-6-17(13)18/h1-2,4,6,8-10,18-19H,3,5,7,11-12H2. The summed E-state index contributed by atoms with van der Waals surface area (Å²) in [4.78, 5) is 0. The Kier molecular flexibility index (Phi) is 3.48. The van der Waals surface area contributed by atoms with E-state index in [9.17, 15) is 0 Å². The molecular formula is C19H19ClO. The van der Waals surface area contributed by atoms with Crippen LogP contribution in [-0.4, -0.2) is 0 Å². The molecule has 0 fully saturated rings. The van der Waals surface area contributed by atoms with E-state index in [1.54, 1.807) is 0 Å². The van der Waals surface area contributed by atoms with E-state index in [-0.39, 0.29) is 5.38 Å². The SMILES string of the molecule is ClC(c1ccc2c(c1)COC2)C1CCCc2ccccc21. The van der Waals surface area contributed by atoms with Gasteiger partial charge in [0.2, 0.25) is 0 Å². The summed E-state index contributed by atoms with van der Waals surface area (Å²) in [6, 6.07) is 15.4. The average molecular weight is 299 g/mol. The van der Waals surface area contributed by atoms with Crippen molar-refractivity contribution in [2.45, 2.75) is 43.8 Å². The van der Waals surface area contributed by atoms with Gasteiger partial charge in [-0.3, -0.25) is 0 Å². The first-order valence-electron chi connectivity index (χ1n) is 7.74. The van der Waals surface area contributed by atoms with E-state index in [1.807, 2.05) is 0 Å². The minimum atomic E-state index is 0.0531. The number of hydrogen-bond donors (Lipinski definition) is 0. The maximum atomic E-state index is 6.87. The number of halogens is 1. The zero-order valence-electron chi connectivity index (χ0n) is 12.0. The van der Waals surface area contributed by atoms with Gasteiger partial charge in [0.15, 0.2) is 0 Å². The Morgan fingerprint density at radius 3 is 2.81 bits per heavy atom. The lowest BCUT2D eigenvalue weighted by molar-refractivity contribution is 0.134. The Bertz CT molecular complexity index is 664. The van der Waals surface area contributed by atoms with Gasteiger partial charge in [-0.1, -0.05) is 42.5 Å². The molecule has 2 aromatic carbocycles. The molecule has 0 amide bonds. The number of fused-ring (bicyclic) bond motifs is 2. The smallest absolute Gasteiger partial charge is 0.0725 e. The van der Waals surface area contributed by atoms with Crippen LogP contribution in [0.1, 0.15) is 52.0 Å². The lowest BCUT2D eigenvalue weighted by atomic mass is 9.79. The summed E-state index contributed by atoms with van der Waals surface area (Å²) in [5, 5.41) is 0.0531. The van der Waals surface area contributed by atoms with Crippen LogP contribution in [-0.2, 0) is 24.4 Å². The van der Waals surface area contributed by atoms with E-state index in [0.29, 0.717) is 5.92 Å². The molecule has 1 aliphatic carbocycles. The largest absolute Gasteiger partial charge is 0.372 e. The molecule has 0 N–H and O–H groups in total. The Labute approximate surface area is 130 Å². The molecule has 108 valence electrons. The Hall–Kier alpha value is -1.31. The van der Waals surface area contributed by atoms with Crippen molar-refractivity contribution in [1.29, 1.82) is 0 Å². The third kappa shape index (κ3) is 2.39. The molecule has 2 unspecified atom stereocenters. The van der Waals surface area contributed by atoms with Crippen molar-refractivity contribution < 1.29 is 4.74 Å². The van der Waals surface area contributed by atoms with Crippen LogP contribution in [0.3, 0.4) is 0 Å². The Morgan fingerprint density at radius 2 is 1.86 bits per heavy atom. The Balaban J connectivity index is 1.68. The third-order valence-corrected chi connectivity index (χ3v) is 5.39. The van der Waals surface area contributed by atoms with Gasteiger partial charge >= 0.3 is 0 Å². The highest BCUT2D eigenvalue weighted by Crippen LogP contribution is 2.44. The molecule has 0 spiro atoms. The van der Waals surface area contributed by atoms with E-state index in [0.717, 1.165) is 13.2 Å². The lowest BCUT2D eigenvalue weighted by Gasteiger charge is -2.29. The third-order valence-electron chi connectivity index (χ3n) is 4.83. The zero-order valence-corrected chi connectivity index (χ0v) is 12.8. The van der Waals surface area contributed by atoms with Crippen molar-refractivity contribution in [2.75, 3.05) is 0 Å². The predicted molar refractivity (Wildman–Crippen MR) is 85.7 cm³/mol. The molecule has 0 saturated heterocycles. The second-order valence-electron chi connectivity index (χ2n) is 6.12. The molecule has 0 radical (unpaired) electrons. The number of ether oxygens (including phenoxy) is 1. The molecule has 1 aliphatic heterocycles. The maximum Gasteiger partial charge on any atom is 0.0725 e. The monoisotopic (exact) mass is 298 g/mol. The molecule has 2 aliphatic rings. The number of rotatable bonds is 2. The maximum absolute atomic E-state index is 6.87. The van der Waals surface area contributed by atoms with Gasteiger partial charge in [-0.05, 0) is 47.1 Å². The van der Waals surface area contributed by atoms with Gasteiger partial charge in [0, 0.05) is 5.92 Å². The fraction of sp³-hybridized carbons (Fsp3) is 0.368. The summed E-state index contributed by atoms with van der Waals surface area (Å²) >= 11 is 6.87. The summed E-state index contributed by atoms with van der Waals surface area (Å²) in [7, 11) is 0. The summed E-state index contributed by atoms with van der Waals surface area (Å²) < 4.78 is 5.51. The molecule has 2 atom stereocenters. The average Bonchev–Trinajstić information content (AvgIpc) is 3.01. The molecule has 21 heavy (non-hydrogen) atoms. The first kappa shape index (κ1) is 13.4. The minimum absolute atomic E-state index is 0.0531. The van der Waals surface area contributed by atoms with Gasteiger partial charge in [0.05, 0.1) is 18.6 Å². The number of hydrogen-bond acceptors (Lipinski definition) is 1. The normalized spacial score (nSPS) is 21.7. The van der Waals surface area contributed by atoms with Crippen LogP contribution in [0.2, 0.25) is 0 Å². The van der Waals surface area contributed by atoms with Gasteiger partial charge in [0.1, 0.15) is 0 Å². The number of alkyl halides is 1. The van der Waals surface area contributed by atoms with Crippen LogP contribution in [0.25, 0.3) is 0 Å². The van der Waals surface area contributed by atoms with E-state index in [1.165, 1.54) is 47.1 Å². The van der Waals surface area contributed by atoms with Gasteiger partial charge in [-0.15, -0.1) is 11.6 Å². The zero-order chi connectivity index (χ0) is 14.2. The fourth-order valence-corrected chi connectivity index (χ4v) is 4.09. The van der Waals surface area contributed by atoms with Crippen LogP contribution in [0.4, 0.5) is 0 Å². The first-order valence-corrected chi connectivity index (χ1v) is 8.18. The van der Waals surface area contributed by atoms with Crippen LogP contribution >= 0.6 is 11.6 Å². The molecule has 0 aromatic heterocycles. The molecule has 2 heteroatoms. The van der Waals surface area contributed by atoms with E-state index < -0.39 is 0 Å². The fourth-order valence-electron chi connectivity index (χ4n) is 3.69. The highest BCUT2D eigenvalue weighted by Gasteiger charge is 2.28. The van der Waals surface area contributed by atoms with Crippen molar-refractivity contribution in [2.24, 2.45) is 0 Å². The summed E-state index contributed by atoms with van der Waals surface area (Å²) in [6.07, 6.45) is 3.60. The molecule has 0 bridgehead atoms. The van der Waals surface area contributed by atoms with Gasteiger partial charge in [0.25, 0.3) is 0 Å². The summed E-state index contributed by atoms with van der Waals surface area (Å²) in [6.45, 7) is 1.48. The molecular weight excluding hydrogens is 280 g/mol. The lowest BCUT2D eigenvalue weighted by Crippen LogP contribution is -2.14. The van der Waals surface area contributed by atoms with Crippen LogP contribution in [0, 0.1) is 0 Å². The van der Waals surface area contributed by atoms with E-state index in [4.69, 9.17) is 16.3 Å². The molecule has 0 saturated carbocycles.